The van der Waals surface area contributed by atoms with Gasteiger partial charge in [0.05, 0.1) is 37.9 Å². The lowest BCUT2D eigenvalue weighted by Gasteiger charge is -2.37. The lowest BCUT2D eigenvalue weighted by atomic mass is 10.2. The summed E-state index contributed by atoms with van der Waals surface area (Å²) in [7, 11) is -0.0954. The van der Waals surface area contributed by atoms with Gasteiger partial charge in [-0.25, -0.2) is 14.3 Å². The minimum atomic E-state index is -1.63. The van der Waals surface area contributed by atoms with Crippen LogP contribution in [0.25, 0.3) is 0 Å². The molecule has 1 aromatic carbocycles. The van der Waals surface area contributed by atoms with Gasteiger partial charge in [0.1, 0.15) is 24.7 Å². The van der Waals surface area contributed by atoms with Crippen LogP contribution in [0, 0.1) is 18.3 Å². The van der Waals surface area contributed by atoms with Crippen LogP contribution in [0.5, 0.6) is 5.75 Å². The number of aromatic nitrogens is 2. The molecule has 1 N–H and O–H groups in total. The molecule has 0 spiro atoms. The van der Waals surface area contributed by atoms with E-state index in [-0.39, 0.29) is 38.1 Å². The number of rotatable bonds is 13. The van der Waals surface area contributed by atoms with Crippen LogP contribution in [0.1, 0.15) is 62.7 Å². The molecule has 2 heterocycles. The van der Waals surface area contributed by atoms with E-state index < -0.39 is 44.2 Å². The number of nitrogens with one attached hydrogen (secondary N) is 1. The monoisotopic (exact) mass is 576 g/mol. The molecule has 0 bridgehead atoms. The van der Waals surface area contributed by atoms with Gasteiger partial charge in [-0.3, -0.25) is 14.3 Å². The highest BCUT2D eigenvalue weighted by Crippen LogP contribution is 2.50. The molecule has 1 aromatic heterocycles. The summed E-state index contributed by atoms with van der Waals surface area (Å²) in [5.74, 6) is 0.0576. The van der Waals surface area contributed by atoms with Crippen molar-refractivity contribution in [1.29, 1.82) is 5.26 Å². The van der Waals surface area contributed by atoms with E-state index in [9.17, 15) is 14.4 Å². The Morgan fingerprint density at radius 1 is 1.23 bits per heavy atom. The summed E-state index contributed by atoms with van der Waals surface area (Å²) in [4.78, 5) is 39.6. The summed E-state index contributed by atoms with van der Waals surface area (Å²) in [5, 5.41) is 9.03. The van der Waals surface area contributed by atoms with E-state index in [1.807, 2.05) is 27.7 Å². The Hall–Kier alpha value is -3.07. The number of benzene rings is 1. The van der Waals surface area contributed by atoms with Crippen LogP contribution < -0.4 is 16.0 Å². The maximum Gasteiger partial charge on any atom is 0.338 e. The molecule has 12 nitrogen and oxygen atoms in total. The van der Waals surface area contributed by atoms with Gasteiger partial charge in [-0.15, -0.1) is 0 Å². The first-order valence-electron chi connectivity index (χ1n) is 13.1. The number of carbonyl (C=O) groups is 1. The maximum absolute atomic E-state index is 12.8. The Bertz CT molecular complexity index is 1280. The van der Waals surface area contributed by atoms with Gasteiger partial charge >= 0.3 is 11.7 Å². The third kappa shape index (κ3) is 7.99. The maximum atomic E-state index is 12.8. The summed E-state index contributed by atoms with van der Waals surface area (Å²) in [6.45, 7) is 9.73. The number of hydrogen-bond acceptors (Lipinski definition) is 10. The number of aromatic amines is 1. The molecule has 13 heteroatoms. The Morgan fingerprint density at radius 2 is 1.90 bits per heavy atom. The van der Waals surface area contributed by atoms with Crippen molar-refractivity contribution in [1.82, 2.24) is 14.2 Å². The van der Waals surface area contributed by atoms with E-state index in [1.165, 1.54) is 17.9 Å². The molecule has 3 rings (SSSR count). The van der Waals surface area contributed by atoms with E-state index in [2.05, 4.69) is 15.7 Å². The summed E-state index contributed by atoms with van der Waals surface area (Å²) in [6.07, 6.45) is -0.264. The van der Waals surface area contributed by atoms with Gasteiger partial charge in [0.25, 0.3) is 14.1 Å². The van der Waals surface area contributed by atoms with Gasteiger partial charge < -0.3 is 23.3 Å². The molecule has 1 aliphatic heterocycles. The van der Waals surface area contributed by atoms with Crippen molar-refractivity contribution < 1.29 is 28.1 Å². The number of methoxy groups -OCH3 is 1. The average molecular weight is 577 g/mol. The van der Waals surface area contributed by atoms with Crippen LogP contribution in [-0.4, -0.2) is 64.8 Å². The summed E-state index contributed by atoms with van der Waals surface area (Å²) in [6, 6.07) is 8.74. The van der Waals surface area contributed by atoms with E-state index in [1.54, 1.807) is 31.2 Å². The van der Waals surface area contributed by atoms with Crippen molar-refractivity contribution in [2.75, 3.05) is 20.3 Å². The molecule has 40 heavy (non-hydrogen) atoms. The summed E-state index contributed by atoms with van der Waals surface area (Å²) >= 11 is 0. The van der Waals surface area contributed by atoms with E-state index >= 15 is 0 Å². The second-order valence-electron chi connectivity index (χ2n) is 9.86. The number of nitriles is 1. The number of aryl methyl sites for hydroxylation is 1. The van der Waals surface area contributed by atoms with E-state index in [0.29, 0.717) is 16.9 Å². The first-order chi connectivity index (χ1) is 19.0. The molecule has 1 aliphatic rings. The topological polar surface area (TPSA) is 145 Å². The van der Waals surface area contributed by atoms with Crippen LogP contribution in [0.4, 0.5) is 0 Å². The Morgan fingerprint density at radius 3 is 2.50 bits per heavy atom. The Kier molecular flexibility index (Phi) is 11.4. The Balaban J connectivity index is 1.86. The van der Waals surface area contributed by atoms with Crippen molar-refractivity contribution in [3.05, 3.63) is 62.4 Å². The third-order valence-electron chi connectivity index (χ3n) is 6.23. The van der Waals surface area contributed by atoms with Crippen molar-refractivity contribution in [3.63, 3.8) is 0 Å². The largest absolute Gasteiger partial charge is 0.497 e. The fourth-order valence-corrected chi connectivity index (χ4v) is 6.07. The highest BCUT2D eigenvalue weighted by atomic mass is 31.2. The minimum absolute atomic E-state index is 0.0714. The van der Waals surface area contributed by atoms with Crippen LogP contribution in [-0.2, 0) is 18.5 Å². The normalized spacial score (nSPS) is 19.6. The lowest BCUT2D eigenvalue weighted by Crippen LogP contribution is -2.36. The van der Waals surface area contributed by atoms with E-state index in [0.717, 1.165) is 0 Å². The van der Waals surface area contributed by atoms with Gasteiger partial charge in [0.2, 0.25) is 0 Å². The summed E-state index contributed by atoms with van der Waals surface area (Å²) < 4.78 is 32.9. The van der Waals surface area contributed by atoms with Gasteiger partial charge in [0.15, 0.2) is 0 Å². The average Bonchev–Trinajstić information content (AvgIpc) is 3.31. The van der Waals surface area contributed by atoms with E-state index in [4.69, 9.17) is 28.5 Å². The molecule has 0 aliphatic carbocycles. The SMILES string of the molecule is COc1ccc(C(=O)OC[C@H]2O[C@@H](n3cc(C)c(=O)[nH]c3=O)C[C@H]2OP(OCCC#N)N(C(C)C)C(C)C)cc1. The fourth-order valence-electron chi connectivity index (χ4n) is 4.31. The minimum Gasteiger partial charge on any atom is -0.497 e. The molecule has 1 unspecified atom stereocenters. The number of ether oxygens (including phenoxy) is 3. The number of H-pyrrole nitrogens is 1. The molecule has 0 amide bonds. The first-order valence-corrected chi connectivity index (χ1v) is 14.2. The quantitative estimate of drug-likeness (QED) is 0.213. The standard InChI is InChI=1S/C27H37N4O8P/c1-17(2)31(18(3)4)40(37-13-7-12-28)39-22-14-24(30-15-19(5)25(32)29-27(30)34)38-23(22)16-36-26(33)20-8-10-21(35-6)11-9-20/h8-11,15,17-18,22-24H,7,13-14,16H2,1-6H3,(H,29,32,34)/t22-,23-,24-,40?/m1/s1. The molecule has 0 saturated carbocycles. The molecular formula is C27H37N4O8P. The number of nitrogens with zero attached hydrogens (tertiary/aromatic N) is 3. The smallest absolute Gasteiger partial charge is 0.338 e. The van der Waals surface area contributed by atoms with Crippen molar-refractivity contribution in [2.24, 2.45) is 0 Å². The highest BCUT2D eigenvalue weighted by Gasteiger charge is 2.42. The first kappa shape index (κ1) is 31.5. The fraction of sp³-hybridized carbons (Fsp3) is 0.556. The molecule has 1 fully saturated rings. The second-order valence-corrected chi connectivity index (χ2v) is 11.3. The summed E-state index contributed by atoms with van der Waals surface area (Å²) in [5.41, 5.74) is -0.402. The zero-order valence-corrected chi connectivity index (χ0v) is 24.6. The predicted octanol–water partition coefficient (Wildman–Crippen LogP) is 3.66. The van der Waals surface area contributed by atoms with Gasteiger partial charge in [0, 0.05) is 30.3 Å². The van der Waals surface area contributed by atoms with Crippen molar-refractivity contribution >= 4 is 14.5 Å². The molecule has 1 saturated heterocycles. The van der Waals surface area contributed by atoms with Gasteiger partial charge in [-0.2, -0.15) is 5.26 Å². The zero-order chi connectivity index (χ0) is 29.4. The molecule has 2 aromatic rings. The molecule has 4 atom stereocenters. The molecule has 218 valence electrons. The lowest BCUT2D eigenvalue weighted by molar-refractivity contribution is -0.0513. The van der Waals surface area contributed by atoms with Crippen molar-refractivity contribution in [3.8, 4) is 11.8 Å². The van der Waals surface area contributed by atoms with Crippen LogP contribution in [0.3, 0.4) is 0 Å². The van der Waals surface area contributed by atoms with Gasteiger partial charge in [-0.05, 0) is 58.9 Å². The Labute approximate surface area is 234 Å². The van der Waals surface area contributed by atoms with Crippen LogP contribution in [0.15, 0.2) is 40.1 Å². The second kappa shape index (κ2) is 14.5. The third-order valence-corrected chi connectivity index (χ3v) is 8.38. The number of esters is 1. The van der Waals surface area contributed by atoms with Crippen LogP contribution in [0.2, 0.25) is 0 Å². The number of hydrogen-bond donors (Lipinski definition) is 1. The number of carbonyl (C=O) groups excluding carboxylic acids is 1. The molecular weight excluding hydrogens is 539 g/mol. The predicted molar refractivity (Wildman–Crippen MR) is 148 cm³/mol. The molecule has 0 radical (unpaired) electrons. The highest BCUT2D eigenvalue weighted by molar-refractivity contribution is 7.44. The zero-order valence-electron chi connectivity index (χ0n) is 23.7. The van der Waals surface area contributed by atoms with Gasteiger partial charge in [-0.1, -0.05) is 0 Å². The van der Waals surface area contributed by atoms with Crippen molar-refractivity contribution in [2.45, 2.75) is 78.0 Å². The van der Waals surface area contributed by atoms with Crippen LogP contribution >= 0.6 is 8.53 Å².